The van der Waals surface area contributed by atoms with Gasteiger partial charge in [0.05, 0.1) is 0 Å². The van der Waals surface area contributed by atoms with Crippen LogP contribution < -0.4 is 4.90 Å². The molecule has 0 bridgehead atoms. The van der Waals surface area contributed by atoms with Crippen LogP contribution in [0, 0.1) is 0 Å². The van der Waals surface area contributed by atoms with Crippen LogP contribution in [-0.4, -0.2) is 23.1 Å². The van der Waals surface area contributed by atoms with E-state index in [1.807, 2.05) is 0 Å². The van der Waals surface area contributed by atoms with E-state index in [1.165, 1.54) is 6.33 Å². The van der Waals surface area contributed by atoms with Crippen molar-refractivity contribution < 1.29 is 13.2 Å². The highest BCUT2D eigenvalue weighted by atomic mass is 19.4. The molecule has 0 aromatic carbocycles. The molecule has 0 spiro atoms. The Morgan fingerprint density at radius 1 is 1.12 bits per heavy atom. The predicted octanol–water partition coefficient (Wildman–Crippen LogP) is 2.49. The van der Waals surface area contributed by atoms with Crippen LogP contribution in [0.3, 0.4) is 0 Å². The lowest BCUT2D eigenvalue weighted by Crippen LogP contribution is -2.32. The van der Waals surface area contributed by atoms with Gasteiger partial charge in [0, 0.05) is 19.3 Å². The Kier molecular flexibility index (Phi) is 2.98. The van der Waals surface area contributed by atoms with Gasteiger partial charge in [-0.3, -0.25) is 0 Å². The first-order valence-corrected chi connectivity index (χ1v) is 5.21. The van der Waals surface area contributed by atoms with Gasteiger partial charge in [-0.1, -0.05) is 0 Å². The van der Waals surface area contributed by atoms with E-state index < -0.39 is 11.7 Å². The van der Waals surface area contributed by atoms with E-state index in [9.17, 15) is 13.2 Å². The van der Waals surface area contributed by atoms with E-state index in [4.69, 9.17) is 0 Å². The Morgan fingerprint density at radius 2 is 1.81 bits per heavy atom. The zero-order valence-corrected chi connectivity index (χ0v) is 8.67. The van der Waals surface area contributed by atoms with Gasteiger partial charge in [-0.2, -0.15) is 13.2 Å². The number of aromatic nitrogens is 2. The minimum absolute atomic E-state index is 0.0159. The van der Waals surface area contributed by atoms with E-state index in [2.05, 4.69) is 9.97 Å². The molecule has 16 heavy (non-hydrogen) atoms. The lowest BCUT2D eigenvalue weighted by Gasteiger charge is -2.29. The summed E-state index contributed by atoms with van der Waals surface area (Å²) in [6.07, 6.45) is 0.537. The van der Waals surface area contributed by atoms with Gasteiger partial charge in [0.2, 0.25) is 0 Å². The molecule has 0 aliphatic carbocycles. The van der Waals surface area contributed by atoms with Gasteiger partial charge < -0.3 is 4.90 Å². The molecule has 1 aliphatic heterocycles. The van der Waals surface area contributed by atoms with Crippen LogP contribution in [0.1, 0.15) is 24.8 Å². The van der Waals surface area contributed by atoms with Gasteiger partial charge in [-0.15, -0.1) is 0 Å². The summed E-state index contributed by atoms with van der Waals surface area (Å²) in [5.41, 5.74) is -0.739. The Labute approximate surface area is 91.3 Å². The highest BCUT2D eigenvalue weighted by Gasteiger charge is 2.36. The molecule has 1 aromatic rings. The summed E-state index contributed by atoms with van der Waals surface area (Å²) < 4.78 is 38.1. The van der Waals surface area contributed by atoms with E-state index in [1.54, 1.807) is 4.90 Å². The normalized spacial score (nSPS) is 17.6. The molecule has 1 saturated heterocycles. The number of rotatable bonds is 1. The van der Waals surface area contributed by atoms with E-state index in [0.29, 0.717) is 13.1 Å². The van der Waals surface area contributed by atoms with Crippen molar-refractivity contribution in [3.05, 3.63) is 18.1 Å². The van der Waals surface area contributed by atoms with Crippen LogP contribution in [0.25, 0.3) is 0 Å². The molecule has 0 unspecified atom stereocenters. The van der Waals surface area contributed by atoms with Crippen LogP contribution in [0.4, 0.5) is 19.0 Å². The number of hydrogen-bond donors (Lipinski definition) is 0. The van der Waals surface area contributed by atoms with Crippen LogP contribution in [0.15, 0.2) is 12.5 Å². The number of alkyl halides is 3. The Bertz CT molecular complexity index is 359. The third kappa shape index (κ3) is 2.25. The second-order valence-corrected chi connectivity index (χ2v) is 3.81. The monoisotopic (exact) mass is 231 g/mol. The maximum Gasteiger partial charge on any atom is 0.421 e. The van der Waals surface area contributed by atoms with Crippen molar-refractivity contribution in [2.24, 2.45) is 0 Å². The van der Waals surface area contributed by atoms with Gasteiger partial charge in [0.25, 0.3) is 0 Å². The third-order valence-corrected chi connectivity index (χ3v) is 2.65. The topological polar surface area (TPSA) is 29.0 Å². The molecular weight excluding hydrogens is 219 g/mol. The first-order valence-electron chi connectivity index (χ1n) is 5.21. The van der Waals surface area contributed by atoms with Gasteiger partial charge in [0.1, 0.15) is 17.7 Å². The lowest BCUT2D eigenvalue weighted by atomic mass is 10.1. The average molecular weight is 231 g/mol. The van der Waals surface area contributed by atoms with Gasteiger partial charge >= 0.3 is 6.18 Å². The largest absolute Gasteiger partial charge is 0.421 e. The fourth-order valence-corrected chi connectivity index (χ4v) is 1.88. The summed E-state index contributed by atoms with van der Waals surface area (Å²) in [6.45, 7) is 1.28. The summed E-state index contributed by atoms with van der Waals surface area (Å²) >= 11 is 0. The quantitative estimate of drug-likeness (QED) is 0.743. The van der Waals surface area contributed by atoms with E-state index in [-0.39, 0.29) is 5.82 Å². The minimum Gasteiger partial charge on any atom is -0.356 e. The number of piperidine rings is 1. The third-order valence-electron chi connectivity index (χ3n) is 2.65. The number of anilines is 1. The molecule has 1 aliphatic rings. The molecule has 2 rings (SSSR count). The SMILES string of the molecule is FC(F)(F)c1cncnc1N1CCCCC1. The first-order chi connectivity index (χ1) is 7.59. The molecule has 0 N–H and O–H groups in total. The van der Waals surface area contributed by atoms with Crippen molar-refractivity contribution in [1.29, 1.82) is 0 Å². The predicted molar refractivity (Wildman–Crippen MR) is 53.1 cm³/mol. The van der Waals surface area contributed by atoms with Crippen molar-refractivity contribution in [2.75, 3.05) is 18.0 Å². The van der Waals surface area contributed by atoms with Crippen LogP contribution in [0.2, 0.25) is 0 Å². The van der Waals surface area contributed by atoms with Crippen molar-refractivity contribution in [1.82, 2.24) is 9.97 Å². The maximum absolute atomic E-state index is 12.7. The zero-order valence-electron chi connectivity index (χ0n) is 8.67. The summed E-state index contributed by atoms with van der Waals surface area (Å²) in [4.78, 5) is 8.90. The summed E-state index contributed by atoms with van der Waals surface area (Å²) in [6, 6.07) is 0. The summed E-state index contributed by atoms with van der Waals surface area (Å²) in [5, 5.41) is 0. The van der Waals surface area contributed by atoms with E-state index in [0.717, 1.165) is 25.5 Å². The van der Waals surface area contributed by atoms with Crippen molar-refractivity contribution in [2.45, 2.75) is 25.4 Å². The molecule has 3 nitrogen and oxygen atoms in total. The average Bonchev–Trinajstić information content (AvgIpc) is 2.29. The Morgan fingerprint density at radius 3 is 2.44 bits per heavy atom. The Hall–Kier alpha value is -1.33. The zero-order chi connectivity index (χ0) is 11.6. The molecule has 0 saturated carbocycles. The van der Waals surface area contributed by atoms with Crippen LogP contribution in [0.5, 0.6) is 0 Å². The van der Waals surface area contributed by atoms with Crippen LogP contribution in [-0.2, 0) is 6.18 Å². The fraction of sp³-hybridized carbons (Fsp3) is 0.600. The number of nitrogens with zero attached hydrogens (tertiary/aromatic N) is 3. The molecule has 0 radical (unpaired) electrons. The summed E-state index contributed by atoms with van der Waals surface area (Å²) in [7, 11) is 0. The standard InChI is InChI=1S/C10H12F3N3/c11-10(12,13)8-6-14-7-15-9(8)16-4-2-1-3-5-16/h6-7H,1-5H2. The first kappa shape index (κ1) is 11.2. The van der Waals surface area contributed by atoms with Gasteiger partial charge in [0.15, 0.2) is 0 Å². The second kappa shape index (κ2) is 4.27. The summed E-state index contributed by atoms with van der Waals surface area (Å²) in [5.74, 6) is 0.0159. The van der Waals surface area contributed by atoms with Gasteiger partial charge in [-0.25, -0.2) is 9.97 Å². The molecule has 88 valence electrons. The van der Waals surface area contributed by atoms with E-state index >= 15 is 0 Å². The van der Waals surface area contributed by atoms with Crippen molar-refractivity contribution >= 4 is 5.82 Å². The molecular formula is C10H12F3N3. The highest BCUT2D eigenvalue weighted by molar-refractivity contribution is 5.47. The Balaban J connectivity index is 2.32. The lowest BCUT2D eigenvalue weighted by molar-refractivity contribution is -0.137. The smallest absolute Gasteiger partial charge is 0.356 e. The molecule has 2 heterocycles. The van der Waals surface area contributed by atoms with Crippen molar-refractivity contribution in [3.8, 4) is 0 Å². The number of halogens is 3. The minimum atomic E-state index is -4.38. The van der Waals surface area contributed by atoms with Crippen LogP contribution >= 0.6 is 0 Å². The second-order valence-electron chi connectivity index (χ2n) is 3.81. The number of hydrogen-bond acceptors (Lipinski definition) is 3. The maximum atomic E-state index is 12.7. The molecule has 1 aromatic heterocycles. The highest BCUT2D eigenvalue weighted by Crippen LogP contribution is 2.35. The molecule has 1 fully saturated rings. The fourth-order valence-electron chi connectivity index (χ4n) is 1.88. The molecule has 6 heteroatoms. The van der Waals surface area contributed by atoms with Crippen molar-refractivity contribution in [3.63, 3.8) is 0 Å². The van der Waals surface area contributed by atoms with Gasteiger partial charge in [-0.05, 0) is 19.3 Å². The molecule has 0 amide bonds. The molecule has 0 atom stereocenters.